The topological polar surface area (TPSA) is 73.1 Å². The molecule has 0 saturated heterocycles. The summed E-state index contributed by atoms with van der Waals surface area (Å²) in [6.07, 6.45) is 0. The van der Waals surface area contributed by atoms with E-state index in [2.05, 4.69) is 5.32 Å². The minimum atomic E-state index is -0.711. The smallest absolute Gasteiger partial charge is 0.259 e. The lowest BCUT2D eigenvalue weighted by atomic mass is 10.1. The number of amides is 1. The largest absolute Gasteiger partial charge is 0.507 e. The minimum Gasteiger partial charge on any atom is -0.507 e. The van der Waals surface area contributed by atoms with Gasteiger partial charge >= 0.3 is 0 Å². The van der Waals surface area contributed by atoms with Gasteiger partial charge in [-0.05, 0) is 52.9 Å². The molecule has 0 bridgehead atoms. The zero-order chi connectivity index (χ0) is 14.7. The lowest BCUT2D eigenvalue weighted by molar-refractivity contribution is 0.102. The number of halogens is 2. The summed E-state index contributed by atoms with van der Waals surface area (Å²) < 4.78 is 14.2. The lowest BCUT2D eigenvalue weighted by Crippen LogP contribution is -2.13. The molecule has 2 rings (SSSR count). The molecule has 0 atom stereocenters. The summed E-state index contributed by atoms with van der Waals surface area (Å²) in [6.45, 7) is 0. The Morgan fingerprint density at radius 3 is 2.80 bits per heavy atom. The van der Waals surface area contributed by atoms with E-state index in [0.717, 1.165) is 9.64 Å². The van der Waals surface area contributed by atoms with Crippen LogP contribution >= 0.6 is 22.6 Å². The van der Waals surface area contributed by atoms with E-state index in [1.165, 1.54) is 24.3 Å². The van der Waals surface area contributed by atoms with Crippen LogP contribution in [0, 0.1) is 20.7 Å². The maximum Gasteiger partial charge on any atom is 0.259 e. The molecule has 0 fully saturated rings. The molecule has 0 saturated carbocycles. The van der Waals surface area contributed by atoms with E-state index in [1.807, 2.05) is 22.6 Å². The molecule has 1 amide bonds. The van der Waals surface area contributed by atoms with Crippen LogP contribution in [0.5, 0.6) is 5.75 Å². The number of carbonyl (C=O) groups excluding carboxylic acids is 1. The molecule has 0 heterocycles. The van der Waals surface area contributed by atoms with Crippen LogP contribution in [-0.2, 0) is 0 Å². The second-order valence-corrected chi connectivity index (χ2v) is 5.14. The van der Waals surface area contributed by atoms with Crippen molar-refractivity contribution < 1.29 is 14.3 Å². The van der Waals surface area contributed by atoms with Crippen molar-refractivity contribution in [1.82, 2.24) is 0 Å². The highest BCUT2D eigenvalue weighted by Crippen LogP contribution is 2.23. The minimum absolute atomic E-state index is 0.0602. The summed E-state index contributed by atoms with van der Waals surface area (Å²) in [5, 5.41) is 21.0. The van der Waals surface area contributed by atoms with E-state index < -0.39 is 11.7 Å². The number of phenols is 1. The van der Waals surface area contributed by atoms with Crippen LogP contribution in [0.3, 0.4) is 0 Å². The number of rotatable bonds is 2. The van der Waals surface area contributed by atoms with Gasteiger partial charge in [0.05, 0.1) is 11.3 Å². The average Bonchev–Trinajstić information content (AvgIpc) is 2.41. The summed E-state index contributed by atoms with van der Waals surface area (Å²) in [5.41, 5.74) is -0.119. The Hall–Kier alpha value is -2.14. The monoisotopic (exact) mass is 382 g/mol. The number of nitrogens with one attached hydrogen (secondary N) is 1. The van der Waals surface area contributed by atoms with Crippen molar-refractivity contribution in [2.75, 3.05) is 5.32 Å². The van der Waals surface area contributed by atoms with Crippen LogP contribution in [0.25, 0.3) is 0 Å². The third kappa shape index (κ3) is 2.88. The average molecular weight is 382 g/mol. The first-order valence-electron chi connectivity index (χ1n) is 5.51. The fourth-order valence-corrected chi connectivity index (χ4v) is 2.11. The van der Waals surface area contributed by atoms with Crippen molar-refractivity contribution in [3.05, 3.63) is 56.9 Å². The van der Waals surface area contributed by atoms with Crippen LogP contribution in [-0.4, -0.2) is 11.0 Å². The second kappa shape index (κ2) is 5.88. The Morgan fingerprint density at radius 2 is 2.10 bits per heavy atom. The van der Waals surface area contributed by atoms with E-state index in [4.69, 9.17) is 5.26 Å². The molecule has 0 aliphatic heterocycles. The Morgan fingerprint density at radius 1 is 1.35 bits per heavy atom. The molecule has 2 aromatic carbocycles. The molecule has 0 unspecified atom stereocenters. The van der Waals surface area contributed by atoms with Crippen LogP contribution in [0.2, 0.25) is 0 Å². The highest BCUT2D eigenvalue weighted by atomic mass is 127. The van der Waals surface area contributed by atoms with Gasteiger partial charge in [-0.2, -0.15) is 5.26 Å². The van der Waals surface area contributed by atoms with E-state index in [9.17, 15) is 14.3 Å². The van der Waals surface area contributed by atoms with Gasteiger partial charge in [0, 0.05) is 3.57 Å². The number of nitrogens with zero attached hydrogens (tertiary/aromatic N) is 1. The molecule has 2 N–H and O–H groups in total. The molecule has 100 valence electrons. The maximum absolute atomic E-state index is 13.4. The molecule has 4 nitrogen and oxygen atoms in total. The van der Waals surface area contributed by atoms with Crippen LogP contribution in [0.1, 0.15) is 15.9 Å². The molecular formula is C14H8FIN2O2. The Kier molecular flexibility index (Phi) is 4.20. The van der Waals surface area contributed by atoms with Gasteiger partial charge in [0.2, 0.25) is 0 Å². The summed E-state index contributed by atoms with van der Waals surface area (Å²) in [5.74, 6) is -1.50. The maximum atomic E-state index is 13.4. The van der Waals surface area contributed by atoms with Crippen molar-refractivity contribution in [2.45, 2.75) is 0 Å². The van der Waals surface area contributed by atoms with E-state index in [0.29, 0.717) is 0 Å². The standard InChI is InChI=1S/C14H8FIN2O2/c15-11-2-1-3-12(10(11)7-17)18-14(20)9-6-8(16)4-5-13(9)19/h1-6,19H,(H,18,20). The SMILES string of the molecule is N#Cc1c(F)cccc1NC(=O)c1cc(I)ccc1O. The van der Waals surface area contributed by atoms with Gasteiger partial charge in [0.15, 0.2) is 0 Å². The normalized spacial score (nSPS) is 9.85. The number of carbonyl (C=O) groups is 1. The summed E-state index contributed by atoms with van der Waals surface area (Å²) >= 11 is 2.00. The molecule has 20 heavy (non-hydrogen) atoms. The first-order chi connectivity index (χ1) is 9.52. The second-order valence-electron chi connectivity index (χ2n) is 3.89. The molecule has 6 heteroatoms. The van der Waals surface area contributed by atoms with E-state index in [1.54, 1.807) is 12.1 Å². The summed E-state index contributed by atoms with van der Waals surface area (Å²) in [7, 11) is 0. The van der Waals surface area contributed by atoms with E-state index in [-0.39, 0.29) is 22.6 Å². The molecule has 0 aliphatic rings. The zero-order valence-corrected chi connectivity index (χ0v) is 12.2. The van der Waals surface area contributed by atoms with Crippen molar-refractivity contribution in [2.24, 2.45) is 0 Å². The highest BCUT2D eigenvalue weighted by Gasteiger charge is 2.15. The quantitative estimate of drug-likeness (QED) is 0.784. The van der Waals surface area contributed by atoms with E-state index >= 15 is 0 Å². The summed E-state index contributed by atoms with van der Waals surface area (Å²) in [6, 6.07) is 10.2. The number of anilines is 1. The molecule has 0 spiro atoms. The molecule has 0 aliphatic carbocycles. The molecule has 0 aromatic heterocycles. The Balaban J connectivity index is 2.36. The van der Waals surface area contributed by atoms with Crippen molar-refractivity contribution in [3.63, 3.8) is 0 Å². The summed E-state index contributed by atoms with van der Waals surface area (Å²) in [4.78, 5) is 12.1. The van der Waals surface area contributed by atoms with Gasteiger partial charge in [0.1, 0.15) is 23.2 Å². The third-order valence-electron chi connectivity index (χ3n) is 2.58. The van der Waals surface area contributed by atoms with Gasteiger partial charge < -0.3 is 10.4 Å². The van der Waals surface area contributed by atoms with Gasteiger partial charge in [-0.25, -0.2) is 4.39 Å². The number of aromatic hydroxyl groups is 1. The van der Waals surface area contributed by atoms with Gasteiger partial charge in [0.25, 0.3) is 5.91 Å². The van der Waals surface area contributed by atoms with Crippen molar-refractivity contribution in [3.8, 4) is 11.8 Å². The lowest BCUT2D eigenvalue weighted by Gasteiger charge is -2.09. The first-order valence-corrected chi connectivity index (χ1v) is 6.59. The first kappa shape index (κ1) is 14.3. The number of nitriles is 1. The number of hydrogen-bond acceptors (Lipinski definition) is 3. The van der Waals surface area contributed by atoms with Crippen LogP contribution in [0.15, 0.2) is 36.4 Å². The van der Waals surface area contributed by atoms with Gasteiger partial charge in [-0.3, -0.25) is 4.79 Å². The highest BCUT2D eigenvalue weighted by molar-refractivity contribution is 14.1. The molecule has 2 aromatic rings. The Bertz CT molecular complexity index is 726. The molecule has 0 radical (unpaired) electrons. The number of phenolic OH excluding ortho intramolecular Hbond substituents is 1. The number of hydrogen-bond donors (Lipinski definition) is 2. The predicted octanol–water partition coefficient (Wildman–Crippen LogP) is 3.26. The van der Waals surface area contributed by atoms with Crippen molar-refractivity contribution >= 4 is 34.2 Å². The van der Waals surface area contributed by atoms with Crippen LogP contribution < -0.4 is 5.32 Å². The fraction of sp³-hybridized carbons (Fsp3) is 0. The van der Waals surface area contributed by atoms with Crippen LogP contribution in [0.4, 0.5) is 10.1 Å². The predicted molar refractivity (Wildman–Crippen MR) is 79.9 cm³/mol. The molecular weight excluding hydrogens is 374 g/mol. The third-order valence-corrected chi connectivity index (χ3v) is 3.25. The van der Waals surface area contributed by atoms with Crippen molar-refractivity contribution in [1.29, 1.82) is 5.26 Å². The van der Waals surface area contributed by atoms with Gasteiger partial charge in [-0.15, -0.1) is 0 Å². The van der Waals surface area contributed by atoms with Gasteiger partial charge in [-0.1, -0.05) is 6.07 Å². The fourth-order valence-electron chi connectivity index (χ4n) is 1.62. The number of benzene rings is 2. The Labute approximate surface area is 128 Å². The zero-order valence-electron chi connectivity index (χ0n) is 10.0.